The topological polar surface area (TPSA) is 10.8 Å². The quantitative estimate of drug-likeness (QED) is 0.576. The zero-order valence-electron chi connectivity index (χ0n) is 16.4. The maximum atomic E-state index is 7.31. The van der Waals surface area contributed by atoms with Gasteiger partial charge in [-0.05, 0) is 59.1 Å². The van der Waals surface area contributed by atoms with Gasteiger partial charge in [0, 0.05) is 12.7 Å². The van der Waals surface area contributed by atoms with E-state index in [-0.39, 0.29) is 10.8 Å². The van der Waals surface area contributed by atoms with E-state index in [0.29, 0.717) is 5.69 Å². The van der Waals surface area contributed by atoms with Crippen LogP contribution in [0.4, 0.5) is 22.7 Å². The number of hydrogen-bond donors (Lipinski definition) is 0. The van der Waals surface area contributed by atoms with E-state index >= 15 is 0 Å². The van der Waals surface area contributed by atoms with E-state index in [1.807, 2.05) is 18.2 Å². The number of hydrogen-bond acceptors (Lipinski definition) is 2. The Kier molecular flexibility index (Phi) is 3.60. The average Bonchev–Trinajstić information content (AvgIpc) is 2.95. The molecule has 0 unspecified atom stereocenters. The zero-order valence-corrected chi connectivity index (χ0v) is 16.4. The molecule has 0 aromatic heterocycles. The van der Waals surface area contributed by atoms with E-state index in [4.69, 9.17) is 6.57 Å². The van der Waals surface area contributed by atoms with Crippen LogP contribution in [0.3, 0.4) is 0 Å². The Bertz CT molecular complexity index is 918. The normalized spacial score (nSPS) is 19.7. The second kappa shape index (κ2) is 5.51. The summed E-state index contributed by atoms with van der Waals surface area (Å²) in [6.07, 6.45) is 2.45. The van der Waals surface area contributed by atoms with Crippen molar-refractivity contribution < 1.29 is 0 Å². The van der Waals surface area contributed by atoms with Crippen LogP contribution in [0, 0.1) is 6.57 Å². The Morgan fingerprint density at radius 3 is 2.15 bits per heavy atom. The molecule has 4 rings (SSSR count). The zero-order chi connectivity index (χ0) is 18.7. The molecular formula is C23H27N3. The summed E-state index contributed by atoms with van der Waals surface area (Å²) in [7, 11) is 2.16. The van der Waals surface area contributed by atoms with Gasteiger partial charge in [-0.25, -0.2) is 4.85 Å². The van der Waals surface area contributed by atoms with Gasteiger partial charge in [-0.3, -0.25) is 0 Å². The van der Waals surface area contributed by atoms with Gasteiger partial charge in [0.2, 0.25) is 0 Å². The molecule has 134 valence electrons. The second-order valence-corrected chi connectivity index (χ2v) is 9.05. The summed E-state index contributed by atoms with van der Waals surface area (Å²) in [5.74, 6) is 0. The molecule has 2 aromatic carbocycles. The minimum Gasteiger partial charge on any atom is -0.355 e. The molecule has 0 bridgehead atoms. The Hall–Kier alpha value is -2.47. The van der Waals surface area contributed by atoms with Crippen LogP contribution in [-0.2, 0) is 10.8 Å². The van der Waals surface area contributed by atoms with E-state index in [0.717, 1.165) is 12.4 Å². The number of nitrogens with zero attached hydrogens (tertiary/aromatic N) is 3. The predicted octanol–water partition coefficient (Wildman–Crippen LogP) is 6.13. The first-order valence-corrected chi connectivity index (χ1v) is 9.38. The van der Waals surface area contributed by atoms with Crippen molar-refractivity contribution >= 4 is 22.7 Å². The second-order valence-electron chi connectivity index (χ2n) is 9.05. The predicted molar refractivity (Wildman–Crippen MR) is 110 cm³/mol. The third kappa shape index (κ3) is 2.48. The van der Waals surface area contributed by atoms with Crippen molar-refractivity contribution in [2.75, 3.05) is 23.5 Å². The van der Waals surface area contributed by atoms with Crippen molar-refractivity contribution in [1.82, 2.24) is 0 Å². The SMILES string of the molecule is [C-]#[N+]c1cccc(N2CN(C)c3cc4c(cc32)C(C)(C)CCC4(C)C)c1. The maximum Gasteiger partial charge on any atom is 0.189 e. The van der Waals surface area contributed by atoms with E-state index in [2.05, 4.69) is 67.6 Å². The van der Waals surface area contributed by atoms with Crippen molar-refractivity contribution in [3.63, 3.8) is 0 Å². The average molecular weight is 345 g/mol. The highest BCUT2D eigenvalue weighted by atomic mass is 15.4. The highest BCUT2D eigenvalue weighted by Crippen LogP contribution is 2.51. The van der Waals surface area contributed by atoms with Gasteiger partial charge < -0.3 is 9.80 Å². The first kappa shape index (κ1) is 17.0. The molecule has 0 radical (unpaired) electrons. The molecule has 1 heterocycles. The van der Waals surface area contributed by atoms with E-state index in [1.54, 1.807) is 0 Å². The number of rotatable bonds is 1. The van der Waals surface area contributed by atoms with Crippen LogP contribution in [-0.4, -0.2) is 13.7 Å². The Balaban J connectivity index is 1.89. The molecule has 0 N–H and O–H groups in total. The lowest BCUT2D eigenvalue weighted by atomic mass is 9.63. The van der Waals surface area contributed by atoms with Crippen LogP contribution in [0.5, 0.6) is 0 Å². The lowest BCUT2D eigenvalue weighted by Gasteiger charge is -2.42. The fraction of sp³-hybridized carbons (Fsp3) is 0.435. The molecule has 0 fully saturated rings. The van der Waals surface area contributed by atoms with Crippen LogP contribution in [0.15, 0.2) is 36.4 Å². The molecule has 0 amide bonds. The highest BCUT2D eigenvalue weighted by Gasteiger charge is 2.39. The summed E-state index contributed by atoms with van der Waals surface area (Å²) in [5.41, 5.74) is 7.74. The molecule has 1 aliphatic heterocycles. The van der Waals surface area contributed by atoms with Gasteiger partial charge in [-0.1, -0.05) is 39.8 Å². The van der Waals surface area contributed by atoms with Crippen LogP contribution in [0.25, 0.3) is 4.85 Å². The summed E-state index contributed by atoms with van der Waals surface area (Å²) >= 11 is 0. The summed E-state index contributed by atoms with van der Waals surface area (Å²) in [5, 5.41) is 0. The molecule has 26 heavy (non-hydrogen) atoms. The van der Waals surface area contributed by atoms with Crippen molar-refractivity contribution in [2.45, 2.75) is 51.4 Å². The molecule has 0 spiro atoms. The van der Waals surface area contributed by atoms with Crippen LogP contribution in [0.2, 0.25) is 0 Å². The van der Waals surface area contributed by atoms with Crippen molar-refractivity contribution in [2.24, 2.45) is 0 Å². The van der Waals surface area contributed by atoms with Crippen LogP contribution >= 0.6 is 0 Å². The number of anilines is 3. The van der Waals surface area contributed by atoms with Crippen LogP contribution < -0.4 is 9.80 Å². The van der Waals surface area contributed by atoms with Gasteiger partial charge in [0.05, 0.1) is 24.6 Å². The lowest BCUT2D eigenvalue weighted by Crippen LogP contribution is -2.34. The van der Waals surface area contributed by atoms with Gasteiger partial charge in [0.25, 0.3) is 0 Å². The standard InChI is InChI=1S/C23H27N3/c1-22(2)10-11-23(3,4)19-14-21-20(13-18(19)22)25(6)15-26(21)17-9-7-8-16(12-17)24-5/h7-9,12-14H,10-11,15H2,1-4,6H3. The third-order valence-corrected chi connectivity index (χ3v) is 6.27. The van der Waals surface area contributed by atoms with Gasteiger partial charge >= 0.3 is 0 Å². The molecule has 2 aliphatic rings. The van der Waals surface area contributed by atoms with Gasteiger partial charge in [-0.15, -0.1) is 0 Å². The van der Waals surface area contributed by atoms with E-state index in [1.165, 1.54) is 35.3 Å². The summed E-state index contributed by atoms with van der Waals surface area (Å²) in [6.45, 7) is 17.6. The third-order valence-electron chi connectivity index (χ3n) is 6.27. The molecule has 3 heteroatoms. The van der Waals surface area contributed by atoms with Gasteiger partial charge in [-0.2, -0.15) is 0 Å². The fourth-order valence-electron chi connectivity index (χ4n) is 4.43. The molecule has 0 saturated carbocycles. The molecule has 1 aliphatic carbocycles. The highest BCUT2D eigenvalue weighted by molar-refractivity contribution is 5.85. The molecule has 0 saturated heterocycles. The largest absolute Gasteiger partial charge is 0.355 e. The minimum atomic E-state index is 0.199. The molecule has 0 atom stereocenters. The Morgan fingerprint density at radius 2 is 1.54 bits per heavy atom. The molecular weight excluding hydrogens is 318 g/mol. The Labute approximate surface area is 157 Å². The van der Waals surface area contributed by atoms with Crippen molar-refractivity contribution in [1.29, 1.82) is 0 Å². The van der Waals surface area contributed by atoms with Crippen molar-refractivity contribution in [3.05, 3.63) is 58.9 Å². The number of benzene rings is 2. The fourth-order valence-corrected chi connectivity index (χ4v) is 4.43. The van der Waals surface area contributed by atoms with Gasteiger partial charge in [0.1, 0.15) is 0 Å². The summed E-state index contributed by atoms with van der Waals surface area (Å²) in [6, 6.07) is 12.8. The lowest BCUT2D eigenvalue weighted by molar-refractivity contribution is 0.332. The minimum absolute atomic E-state index is 0.199. The Morgan fingerprint density at radius 1 is 0.923 bits per heavy atom. The molecule has 2 aromatic rings. The van der Waals surface area contributed by atoms with E-state index < -0.39 is 0 Å². The summed E-state index contributed by atoms with van der Waals surface area (Å²) < 4.78 is 0. The van der Waals surface area contributed by atoms with Crippen molar-refractivity contribution in [3.8, 4) is 0 Å². The van der Waals surface area contributed by atoms with E-state index in [9.17, 15) is 0 Å². The smallest absolute Gasteiger partial charge is 0.189 e. The monoisotopic (exact) mass is 345 g/mol. The van der Waals surface area contributed by atoms with Gasteiger partial charge in [0.15, 0.2) is 5.69 Å². The number of fused-ring (bicyclic) bond motifs is 2. The first-order valence-electron chi connectivity index (χ1n) is 9.38. The first-order chi connectivity index (χ1) is 12.2. The maximum absolute atomic E-state index is 7.31. The molecule has 3 nitrogen and oxygen atoms in total. The van der Waals surface area contributed by atoms with Crippen LogP contribution in [0.1, 0.15) is 51.7 Å². The summed E-state index contributed by atoms with van der Waals surface area (Å²) in [4.78, 5) is 8.25.